The van der Waals surface area contributed by atoms with Gasteiger partial charge in [0.05, 0.1) is 17.1 Å². The highest BCUT2D eigenvalue weighted by molar-refractivity contribution is 5.80. The maximum absolute atomic E-state index is 12.7. The number of fused-ring (bicyclic) bond motifs is 1. The molecule has 0 unspecified atom stereocenters. The van der Waals surface area contributed by atoms with Crippen molar-refractivity contribution in [1.82, 2.24) is 14.5 Å². The number of aryl methyl sites for hydroxylation is 1. The zero-order valence-corrected chi connectivity index (χ0v) is 13.7. The molecule has 4 heteroatoms. The van der Waals surface area contributed by atoms with Crippen LogP contribution in [0.1, 0.15) is 51.9 Å². The lowest BCUT2D eigenvalue weighted by atomic mass is 10.1. The fourth-order valence-corrected chi connectivity index (χ4v) is 3.44. The molecule has 1 fully saturated rings. The van der Waals surface area contributed by atoms with E-state index in [0.717, 1.165) is 43.7 Å². The Bertz CT molecular complexity index is 676. The number of carbonyl (C=O) groups excluding carboxylic acids is 1. The number of carbonyl (C=O) groups is 1. The van der Waals surface area contributed by atoms with Crippen molar-refractivity contribution in [3.63, 3.8) is 0 Å². The third-order valence-electron chi connectivity index (χ3n) is 4.87. The average Bonchev–Trinajstić information content (AvgIpc) is 3.16. The van der Waals surface area contributed by atoms with E-state index in [1.165, 1.54) is 5.52 Å². The van der Waals surface area contributed by atoms with Crippen LogP contribution in [0.4, 0.5) is 0 Å². The minimum atomic E-state index is 0.0973. The van der Waals surface area contributed by atoms with Crippen LogP contribution in [0, 0.1) is 5.92 Å². The number of likely N-dealkylation sites (tertiary alicyclic amines) is 1. The molecule has 1 aliphatic rings. The van der Waals surface area contributed by atoms with Gasteiger partial charge >= 0.3 is 0 Å². The molecule has 0 spiro atoms. The molecule has 0 saturated carbocycles. The number of hydrogen-bond donors (Lipinski definition) is 0. The van der Waals surface area contributed by atoms with Crippen molar-refractivity contribution in [1.29, 1.82) is 0 Å². The fraction of sp³-hybridized carbons (Fsp3) is 0.556. The molecule has 3 rings (SSSR count). The maximum Gasteiger partial charge on any atom is 0.226 e. The van der Waals surface area contributed by atoms with Gasteiger partial charge in [-0.25, -0.2) is 4.98 Å². The number of benzene rings is 1. The van der Waals surface area contributed by atoms with E-state index in [1.54, 1.807) is 0 Å². The third kappa shape index (κ3) is 2.40. The van der Waals surface area contributed by atoms with E-state index in [2.05, 4.69) is 41.5 Å². The Hall–Kier alpha value is -1.84. The molecular formula is C18H25N3O. The van der Waals surface area contributed by atoms with Crippen molar-refractivity contribution in [2.75, 3.05) is 6.54 Å². The Labute approximate surface area is 132 Å². The first-order chi connectivity index (χ1) is 10.7. The third-order valence-corrected chi connectivity index (χ3v) is 4.87. The van der Waals surface area contributed by atoms with Crippen molar-refractivity contribution in [3.8, 4) is 0 Å². The SMILES string of the molecule is CC[C@@H](C)C(=O)N1CCC[C@H]1c1nc2ccccc2n1CC. The van der Waals surface area contributed by atoms with Crippen LogP contribution >= 0.6 is 0 Å². The summed E-state index contributed by atoms with van der Waals surface area (Å²) in [5.41, 5.74) is 2.20. The monoisotopic (exact) mass is 299 g/mol. The van der Waals surface area contributed by atoms with Gasteiger partial charge in [0.15, 0.2) is 0 Å². The molecule has 1 amide bonds. The predicted octanol–water partition coefficient (Wildman–Crippen LogP) is 3.77. The van der Waals surface area contributed by atoms with Gasteiger partial charge < -0.3 is 9.47 Å². The molecule has 0 N–H and O–H groups in total. The number of hydrogen-bond acceptors (Lipinski definition) is 2. The molecular weight excluding hydrogens is 274 g/mol. The van der Waals surface area contributed by atoms with Gasteiger partial charge in [-0.2, -0.15) is 0 Å². The van der Waals surface area contributed by atoms with Crippen LogP contribution in [-0.2, 0) is 11.3 Å². The van der Waals surface area contributed by atoms with Crippen molar-refractivity contribution in [2.24, 2.45) is 5.92 Å². The van der Waals surface area contributed by atoms with Gasteiger partial charge in [-0.05, 0) is 38.3 Å². The number of para-hydroxylation sites is 2. The highest BCUT2D eigenvalue weighted by Gasteiger charge is 2.34. The average molecular weight is 299 g/mol. The molecule has 0 aliphatic carbocycles. The standard InChI is InChI=1S/C18H25N3O/c1-4-13(3)18(22)21-12-8-11-16(21)17-19-14-9-6-7-10-15(14)20(17)5-2/h6-7,9-10,13,16H,4-5,8,11-12H2,1-3H3/t13-,16+/m1/s1. The second-order valence-corrected chi connectivity index (χ2v) is 6.20. The number of nitrogens with zero attached hydrogens (tertiary/aromatic N) is 3. The highest BCUT2D eigenvalue weighted by atomic mass is 16.2. The van der Waals surface area contributed by atoms with Gasteiger partial charge in [0.25, 0.3) is 0 Å². The normalized spacial score (nSPS) is 19.8. The molecule has 0 bridgehead atoms. The summed E-state index contributed by atoms with van der Waals surface area (Å²) >= 11 is 0. The summed E-state index contributed by atoms with van der Waals surface area (Å²) in [7, 11) is 0. The number of rotatable bonds is 4. The molecule has 0 radical (unpaired) electrons. The predicted molar refractivity (Wildman–Crippen MR) is 88.6 cm³/mol. The lowest BCUT2D eigenvalue weighted by molar-refractivity contribution is -0.136. The summed E-state index contributed by atoms with van der Waals surface area (Å²) in [4.78, 5) is 19.6. The number of amides is 1. The summed E-state index contributed by atoms with van der Waals surface area (Å²) in [5.74, 6) is 1.43. The lowest BCUT2D eigenvalue weighted by Crippen LogP contribution is -2.35. The molecule has 1 saturated heterocycles. The van der Waals surface area contributed by atoms with E-state index in [0.29, 0.717) is 0 Å². The zero-order valence-electron chi connectivity index (χ0n) is 13.7. The van der Waals surface area contributed by atoms with Gasteiger partial charge in [0.2, 0.25) is 5.91 Å². The lowest BCUT2D eigenvalue weighted by Gasteiger charge is -2.27. The summed E-state index contributed by atoms with van der Waals surface area (Å²) in [6.07, 6.45) is 2.98. The molecule has 118 valence electrons. The van der Waals surface area contributed by atoms with Crippen molar-refractivity contribution < 1.29 is 4.79 Å². The first kappa shape index (κ1) is 15.1. The Morgan fingerprint density at radius 2 is 2.14 bits per heavy atom. The first-order valence-electron chi connectivity index (χ1n) is 8.43. The second-order valence-electron chi connectivity index (χ2n) is 6.20. The quantitative estimate of drug-likeness (QED) is 0.862. The highest BCUT2D eigenvalue weighted by Crippen LogP contribution is 2.34. The summed E-state index contributed by atoms with van der Waals surface area (Å²) in [6, 6.07) is 8.38. The van der Waals surface area contributed by atoms with Crippen molar-refractivity contribution >= 4 is 16.9 Å². The van der Waals surface area contributed by atoms with E-state index in [9.17, 15) is 4.79 Å². The van der Waals surface area contributed by atoms with Crippen LogP contribution in [0.25, 0.3) is 11.0 Å². The Morgan fingerprint density at radius 3 is 2.86 bits per heavy atom. The van der Waals surface area contributed by atoms with Crippen LogP contribution in [-0.4, -0.2) is 26.9 Å². The Balaban J connectivity index is 2.00. The largest absolute Gasteiger partial charge is 0.332 e. The van der Waals surface area contributed by atoms with E-state index in [1.807, 2.05) is 13.0 Å². The Morgan fingerprint density at radius 1 is 1.36 bits per heavy atom. The van der Waals surface area contributed by atoms with Gasteiger partial charge in [0.1, 0.15) is 5.82 Å². The van der Waals surface area contributed by atoms with Crippen molar-refractivity contribution in [3.05, 3.63) is 30.1 Å². The van der Waals surface area contributed by atoms with Crippen LogP contribution in [0.2, 0.25) is 0 Å². The van der Waals surface area contributed by atoms with Crippen molar-refractivity contribution in [2.45, 2.75) is 52.6 Å². The Kier molecular flexibility index (Phi) is 4.19. The van der Waals surface area contributed by atoms with E-state index in [-0.39, 0.29) is 17.9 Å². The molecule has 1 aliphatic heterocycles. The summed E-state index contributed by atoms with van der Waals surface area (Å²) in [6.45, 7) is 8.00. The van der Waals surface area contributed by atoms with E-state index < -0.39 is 0 Å². The van der Waals surface area contributed by atoms with Gasteiger partial charge in [-0.1, -0.05) is 26.0 Å². The minimum Gasteiger partial charge on any atom is -0.332 e. The van der Waals surface area contributed by atoms with Crippen LogP contribution in [0.15, 0.2) is 24.3 Å². The minimum absolute atomic E-state index is 0.0973. The molecule has 2 atom stereocenters. The van der Waals surface area contributed by atoms with Gasteiger partial charge in [-0.15, -0.1) is 0 Å². The van der Waals surface area contributed by atoms with Crippen LogP contribution in [0.5, 0.6) is 0 Å². The smallest absolute Gasteiger partial charge is 0.226 e. The van der Waals surface area contributed by atoms with E-state index in [4.69, 9.17) is 4.98 Å². The summed E-state index contributed by atoms with van der Waals surface area (Å²) in [5, 5.41) is 0. The first-order valence-corrected chi connectivity index (χ1v) is 8.43. The molecule has 2 aromatic rings. The maximum atomic E-state index is 12.7. The number of aromatic nitrogens is 2. The van der Waals surface area contributed by atoms with E-state index >= 15 is 0 Å². The second kappa shape index (κ2) is 6.11. The zero-order chi connectivity index (χ0) is 15.7. The summed E-state index contributed by atoms with van der Waals surface area (Å²) < 4.78 is 2.27. The van der Waals surface area contributed by atoms with Gasteiger partial charge in [-0.3, -0.25) is 4.79 Å². The topological polar surface area (TPSA) is 38.1 Å². The molecule has 2 heterocycles. The van der Waals surface area contributed by atoms with Crippen LogP contribution in [0.3, 0.4) is 0 Å². The molecule has 22 heavy (non-hydrogen) atoms. The van der Waals surface area contributed by atoms with Gasteiger partial charge in [0, 0.05) is 19.0 Å². The fourth-order valence-electron chi connectivity index (χ4n) is 3.44. The number of imidazole rings is 1. The molecule has 4 nitrogen and oxygen atoms in total. The molecule has 1 aromatic carbocycles. The van der Waals surface area contributed by atoms with Crippen LogP contribution < -0.4 is 0 Å². The molecule has 1 aromatic heterocycles.